The molecule has 0 aliphatic rings. The summed E-state index contributed by atoms with van der Waals surface area (Å²) in [6, 6.07) is 15.5. The van der Waals surface area contributed by atoms with Crippen molar-refractivity contribution in [2.45, 2.75) is 26.2 Å². The molecule has 0 radical (unpaired) electrons. The van der Waals surface area contributed by atoms with Gasteiger partial charge in [0.1, 0.15) is 5.75 Å². The van der Waals surface area contributed by atoms with Gasteiger partial charge in [-0.3, -0.25) is 4.79 Å². The summed E-state index contributed by atoms with van der Waals surface area (Å²) in [6.45, 7) is 2.84. The van der Waals surface area contributed by atoms with Crippen LogP contribution in [0.3, 0.4) is 0 Å². The van der Waals surface area contributed by atoms with Gasteiger partial charge in [0.05, 0.1) is 11.1 Å². The maximum atomic E-state index is 12.8. The van der Waals surface area contributed by atoms with Gasteiger partial charge in [0.25, 0.3) is 5.56 Å². The first-order valence-electron chi connectivity index (χ1n) is 9.55. The number of aromatic nitrogens is 3. The van der Waals surface area contributed by atoms with Gasteiger partial charge in [-0.05, 0) is 30.7 Å². The molecule has 0 saturated carbocycles. The summed E-state index contributed by atoms with van der Waals surface area (Å²) in [4.78, 5) is 17.9. The van der Waals surface area contributed by atoms with Crippen molar-refractivity contribution in [1.29, 1.82) is 0 Å². The van der Waals surface area contributed by atoms with Crippen molar-refractivity contribution < 1.29 is 4.74 Å². The summed E-state index contributed by atoms with van der Waals surface area (Å²) >= 11 is 4.75. The van der Waals surface area contributed by atoms with E-state index < -0.39 is 0 Å². The Labute approximate surface area is 180 Å². The van der Waals surface area contributed by atoms with Gasteiger partial charge < -0.3 is 4.74 Å². The third-order valence-electron chi connectivity index (χ3n) is 4.50. The number of nitrogens with zero attached hydrogens (tertiary/aromatic N) is 3. The number of rotatable bonds is 7. The van der Waals surface area contributed by atoms with Crippen LogP contribution in [-0.4, -0.2) is 21.2 Å². The lowest BCUT2D eigenvalue weighted by molar-refractivity contribution is 0.305. The summed E-state index contributed by atoms with van der Waals surface area (Å²) in [5.74, 6) is 1.34. The van der Waals surface area contributed by atoms with Gasteiger partial charge in [-0.25, -0.2) is 0 Å². The minimum absolute atomic E-state index is 0.165. The average molecular weight is 470 g/mol. The Morgan fingerprint density at radius 3 is 2.69 bits per heavy atom. The van der Waals surface area contributed by atoms with Crippen molar-refractivity contribution in [3.8, 4) is 17.1 Å². The van der Waals surface area contributed by atoms with Crippen LogP contribution in [0, 0.1) is 0 Å². The Hall–Kier alpha value is -2.51. The second kappa shape index (κ2) is 8.88. The molecule has 5 nitrogen and oxygen atoms in total. The number of thiazole rings is 1. The quantitative estimate of drug-likeness (QED) is 0.368. The average Bonchev–Trinajstić information content (AvgIpc) is 3.27. The largest absolute Gasteiger partial charge is 0.493 e. The standard InChI is InChI=1S/C22H20BrN3O2S/c1-2-3-6-13-28-18-8-5-4-7-16(18)14-19-21(27)26-22(29-19)24-20(25-26)15-9-11-17(23)12-10-15/h4-5,7-12,14H,2-3,6,13H2,1H3/b19-14-. The number of para-hydroxylation sites is 1. The summed E-state index contributed by atoms with van der Waals surface area (Å²) in [6.07, 6.45) is 5.18. The fourth-order valence-corrected chi connectivity index (χ4v) is 4.12. The smallest absolute Gasteiger partial charge is 0.291 e. The molecule has 0 spiro atoms. The van der Waals surface area contributed by atoms with Gasteiger partial charge in [0, 0.05) is 15.6 Å². The molecule has 0 aliphatic heterocycles. The zero-order valence-electron chi connectivity index (χ0n) is 16.0. The molecule has 4 aromatic rings. The summed E-state index contributed by atoms with van der Waals surface area (Å²) in [5.41, 5.74) is 1.60. The Bertz CT molecular complexity index is 1230. The number of fused-ring (bicyclic) bond motifs is 1. The summed E-state index contributed by atoms with van der Waals surface area (Å²) in [7, 11) is 0. The molecule has 0 saturated heterocycles. The highest BCUT2D eigenvalue weighted by molar-refractivity contribution is 9.10. The van der Waals surface area contributed by atoms with Gasteiger partial charge in [-0.1, -0.05) is 77.4 Å². The van der Waals surface area contributed by atoms with E-state index in [-0.39, 0.29) is 5.56 Å². The molecular formula is C22H20BrN3O2S. The van der Waals surface area contributed by atoms with Crippen molar-refractivity contribution in [3.63, 3.8) is 0 Å². The van der Waals surface area contributed by atoms with Crippen LogP contribution in [0.1, 0.15) is 31.7 Å². The molecule has 2 aromatic heterocycles. The normalized spacial score (nSPS) is 12.0. The number of hydrogen-bond donors (Lipinski definition) is 0. The minimum atomic E-state index is -0.165. The lowest BCUT2D eigenvalue weighted by atomic mass is 10.2. The number of benzene rings is 2. The maximum absolute atomic E-state index is 12.8. The molecule has 0 bridgehead atoms. The first kappa shape index (κ1) is 19.8. The third-order valence-corrected chi connectivity index (χ3v) is 5.98. The SMILES string of the molecule is CCCCCOc1ccccc1/C=c1\sc2nc(-c3ccc(Br)cc3)nn2c1=O. The van der Waals surface area contributed by atoms with E-state index >= 15 is 0 Å². The van der Waals surface area contributed by atoms with E-state index in [4.69, 9.17) is 4.74 Å². The van der Waals surface area contributed by atoms with Crippen molar-refractivity contribution in [2.24, 2.45) is 0 Å². The molecule has 2 heterocycles. The van der Waals surface area contributed by atoms with Crippen molar-refractivity contribution >= 4 is 38.3 Å². The molecule has 2 aromatic carbocycles. The molecule has 4 rings (SSSR count). The van der Waals surface area contributed by atoms with Gasteiger partial charge in [-0.15, -0.1) is 5.10 Å². The highest BCUT2D eigenvalue weighted by atomic mass is 79.9. The highest BCUT2D eigenvalue weighted by Crippen LogP contribution is 2.21. The minimum Gasteiger partial charge on any atom is -0.493 e. The fourth-order valence-electron chi connectivity index (χ4n) is 2.96. The van der Waals surface area contributed by atoms with Gasteiger partial charge >= 0.3 is 0 Å². The Balaban J connectivity index is 1.66. The zero-order valence-corrected chi connectivity index (χ0v) is 18.4. The van der Waals surface area contributed by atoms with Crippen LogP contribution >= 0.6 is 27.3 Å². The summed E-state index contributed by atoms with van der Waals surface area (Å²) < 4.78 is 8.87. The number of halogens is 1. The maximum Gasteiger partial charge on any atom is 0.291 e. The van der Waals surface area contributed by atoms with Crippen LogP contribution in [0.15, 0.2) is 57.8 Å². The fraction of sp³-hybridized carbons (Fsp3) is 0.227. The third kappa shape index (κ3) is 4.41. The zero-order chi connectivity index (χ0) is 20.2. The van der Waals surface area contributed by atoms with Crippen molar-refractivity contribution in [2.75, 3.05) is 6.61 Å². The van der Waals surface area contributed by atoms with Gasteiger partial charge in [0.2, 0.25) is 4.96 Å². The van der Waals surface area contributed by atoms with E-state index in [2.05, 4.69) is 32.9 Å². The molecule has 0 amide bonds. The Morgan fingerprint density at radius 1 is 1.14 bits per heavy atom. The van der Waals surface area contributed by atoms with Crippen LogP contribution < -0.4 is 14.8 Å². The van der Waals surface area contributed by atoms with Crippen LogP contribution in [0.2, 0.25) is 0 Å². The molecule has 29 heavy (non-hydrogen) atoms. The molecule has 0 unspecified atom stereocenters. The van der Waals surface area contributed by atoms with Crippen molar-refractivity contribution in [3.05, 3.63) is 73.5 Å². The summed E-state index contributed by atoms with van der Waals surface area (Å²) in [5, 5.41) is 4.40. The molecule has 0 aliphatic carbocycles. The molecule has 7 heteroatoms. The molecule has 148 valence electrons. The van der Waals surface area contributed by atoms with Crippen LogP contribution in [0.4, 0.5) is 0 Å². The van der Waals surface area contributed by atoms with Crippen LogP contribution in [0.5, 0.6) is 5.75 Å². The molecular weight excluding hydrogens is 450 g/mol. The van der Waals surface area contributed by atoms with Crippen LogP contribution in [-0.2, 0) is 0 Å². The number of unbranched alkanes of at least 4 members (excludes halogenated alkanes) is 2. The predicted molar refractivity (Wildman–Crippen MR) is 121 cm³/mol. The van der Waals surface area contributed by atoms with Crippen molar-refractivity contribution in [1.82, 2.24) is 14.6 Å². The lowest BCUT2D eigenvalue weighted by Gasteiger charge is -2.08. The Kier molecular flexibility index (Phi) is 6.06. The Morgan fingerprint density at radius 2 is 1.93 bits per heavy atom. The van der Waals surface area contributed by atoms with E-state index in [0.29, 0.717) is 21.9 Å². The monoisotopic (exact) mass is 469 g/mol. The first-order valence-corrected chi connectivity index (χ1v) is 11.2. The second-order valence-corrected chi connectivity index (χ2v) is 8.57. The van der Waals surface area contributed by atoms with E-state index in [9.17, 15) is 4.79 Å². The predicted octanol–water partition coefficient (Wildman–Crippen LogP) is 4.70. The molecule has 0 atom stereocenters. The van der Waals surface area contributed by atoms with Crippen LogP contribution in [0.25, 0.3) is 22.4 Å². The van der Waals surface area contributed by atoms with Gasteiger partial charge in [-0.2, -0.15) is 9.50 Å². The first-order chi connectivity index (χ1) is 14.2. The molecule has 0 N–H and O–H groups in total. The van der Waals surface area contributed by atoms with E-state index in [1.807, 2.05) is 54.6 Å². The number of hydrogen-bond acceptors (Lipinski definition) is 5. The van der Waals surface area contributed by atoms with Gasteiger partial charge in [0.15, 0.2) is 5.82 Å². The van der Waals surface area contributed by atoms with E-state index in [1.54, 1.807) is 0 Å². The molecule has 0 fully saturated rings. The topological polar surface area (TPSA) is 56.5 Å². The number of ether oxygens (including phenoxy) is 1. The second-order valence-electron chi connectivity index (χ2n) is 6.65. The van der Waals surface area contributed by atoms with E-state index in [0.717, 1.165) is 40.6 Å². The lowest BCUT2D eigenvalue weighted by Crippen LogP contribution is -2.23. The highest BCUT2D eigenvalue weighted by Gasteiger charge is 2.12. The van der Waals surface area contributed by atoms with E-state index in [1.165, 1.54) is 15.9 Å².